The molecule has 2 aliphatic heterocycles. The highest BCUT2D eigenvalue weighted by molar-refractivity contribution is 7.89. The van der Waals surface area contributed by atoms with E-state index in [1.165, 1.54) is 13.2 Å². The molecule has 3 rings (SSSR count). The fourth-order valence-corrected chi connectivity index (χ4v) is 5.71. The molecule has 1 aromatic carbocycles. The van der Waals surface area contributed by atoms with Crippen LogP contribution in [0.25, 0.3) is 0 Å². The first kappa shape index (κ1) is 15.1. The van der Waals surface area contributed by atoms with Crippen LogP contribution in [-0.4, -0.2) is 45.0 Å². The fourth-order valence-electron chi connectivity index (χ4n) is 3.47. The topological polar surface area (TPSA) is 58.6 Å². The summed E-state index contributed by atoms with van der Waals surface area (Å²) in [4.78, 5) is 0.229. The number of sulfonamides is 1. The van der Waals surface area contributed by atoms with Crippen LogP contribution < -0.4 is 10.1 Å². The van der Waals surface area contributed by atoms with Gasteiger partial charge < -0.3 is 10.1 Å². The molecule has 0 aliphatic carbocycles. The Morgan fingerprint density at radius 2 is 2.14 bits per heavy atom. The zero-order valence-corrected chi connectivity index (χ0v) is 13.6. The van der Waals surface area contributed by atoms with Gasteiger partial charge in [0.25, 0.3) is 0 Å². The number of hydrogen-bond acceptors (Lipinski definition) is 4. The van der Waals surface area contributed by atoms with Crippen molar-refractivity contribution in [1.29, 1.82) is 0 Å². The van der Waals surface area contributed by atoms with E-state index >= 15 is 0 Å². The summed E-state index contributed by atoms with van der Waals surface area (Å²) in [5.41, 5.74) is 0. The molecule has 0 aromatic heterocycles. The van der Waals surface area contributed by atoms with E-state index in [1.807, 2.05) is 6.92 Å². The van der Waals surface area contributed by atoms with Crippen molar-refractivity contribution < 1.29 is 13.2 Å². The number of ether oxygens (including phenoxy) is 1. The highest BCUT2D eigenvalue weighted by Gasteiger charge is 2.47. The average molecular weight is 331 g/mol. The van der Waals surface area contributed by atoms with Crippen molar-refractivity contribution in [2.24, 2.45) is 5.92 Å². The second-order valence-corrected chi connectivity index (χ2v) is 7.95. The Kier molecular flexibility index (Phi) is 3.90. The van der Waals surface area contributed by atoms with E-state index in [4.69, 9.17) is 16.3 Å². The monoisotopic (exact) mass is 330 g/mol. The van der Waals surface area contributed by atoms with Gasteiger partial charge >= 0.3 is 0 Å². The first-order chi connectivity index (χ1) is 9.95. The zero-order chi connectivity index (χ0) is 15.2. The Balaban J connectivity index is 1.98. The van der Waals surface area contributed by atoms with Crippen molar-refractivity contribution in [3.8, 4) is 5.75 Å². The molecule has 0 bridgehead atoms. The molecular weight excluding hydrogens is 312 g/mol. The van der Waals surface area contributed by atoms with Crippen LogP contribution in [0, 0.1) is 5.92 Å². The third-order valence-corrected chi connectivity index (χ3v) is 6.74. The normalized spacial score (nSPS) is 29.6. The molecule has 7 heteroatoms. The quantitative estimate of drug-likeness (QED) is 0.916. The number of halogens is 1. The Morgan fingerprint density at radius 1 is 1.38 bits per heavy atom. The number of rotatable bonds is 3. The van der Waals surface area contributed by atoms with Crippen molar-refractivity contribution >= 4 is 21.6 Å². The molecule has 21 heavy (non-hydrogen) atoms. The second kappa shape index (κ2) is 5.43. The Bertz CT molecular complexity index is 650. The maximum absolute atomic E-state index is 12.9. The summed E-state index contributed by atoms with van der Waals surface area (Å²) in [6, 6.07) is 4.69. The molecule has 2 heterocycles. The molecule has 3 unspecified atom stereocenters. The van der Waals surface area contributed by atoms with E-state index in [-0.39, 0.29) is 17.0 Å². The number of nitrogens with one attached hydrogen (secondary N) is 1. The SMILES string of the molecule is COc1ccc(S(=O)(=O)N2C(C)CC3CNCC32)cc1Cl. The van der Waals surface area contributed by atoms with E-state index in [2.05, 4.69) is 5.32 Å². The summed E-state index contributed by atoms with van der Waals surface area (Å²) in [5, 5.41) is 3.59. The van der Waals surface area contributed by atoms with E-state index in [0.717, 1.165) is 19.5 Å². The highest BCUT2D eigenvalue weighted by atomic mass is 35.5. The molecule has 0 amide bonds. The van der Waals surface area contributed by atoms with Crippen molar-refractivity contribution in [3.63, 3.8) is 0 Å². The largest absolute Gasteiger partial charge is 0.495 e. The van der Waals surface area contributed by atoms with Gasteiger partial charge in [-0.1, -0.05) is 11.6 Å². The van der Waals surface area contributed by atoms with Crippen molar-refractivity contribution in [1.82, 2.24) is 9.62 Å². The van der Waals surface area contributed by atoms with Gasteiger partial charge in [0.15, 0.2) is 0 Å². The molecule has 0 saturated carbocycles. The number of benzene rings is 1. The minimum atomic E-state index is -3.54. The number of fused-ring (bicyclic) bond motifs is 1. The number of hydrogen-bond donors (Lipinski definition) is 1. The molecular formula is C14H19ClN2O3S. The number of nitrogens with zero attached hydrogens (tertiary/aromatic N) is 1. The lowest BCUT2D eigenvalue weighted by Gasteiger charge is -2.26. The Morgan fingerprint density at radius 3 is 2.81 bits per heavy atom. The lowest BCUT2D eigenvalue weighted by molar-refractivity contribution is 0.335. The van der Waals surface area contributed by atoms with Crippen molar-refractivity contribution in [2.75, 3.05) is 20.2 Å². The van der Waals surface area contributed by atoms with E-state index < -0.39 is 10.0 Å². The zero-order valence-electron chi connectivity index (χ0n) is 12.0. The lowest BCUT2D eigenvalue weighted by Crippen LogP contribution is -2.42. The maximum atomic E-state index is 12.9. The summed E-state index contributed by atoms with van der Waals surface area (Å²) in [7, 11) is -2.03. The van der Waals surface area contributed by atoms with Gasteiger partial charge in [-0.15, -0.1) is 0 Å². The number of methoxy groups -OCH3 is 1. The van der Waals surface area contributed by atoms with Crippen molar-refractivity contribution in [2.45, 2.75) is 30.3 Å². The standard InChI is InChI=1S/C14H19ClN2O3S/c1-9-5-10-7-16-8-13(10)17(9)21(18,19)11-3-4-14(20-2)12(15)6-11/h3-4,6,9-10,13,16H,5,7-8H2,1-2H3. The molecule has 5 nitrogen and oxygen atoms in total. The summed E-state index contributed by atoms with van der Waals surface area (Å²) >= 11 is 6.07. The predicted octanol–water partition coefficient (Wildman–Crippen LogP) is 1.72. The first-order valence-electron chi connectivity index (χ1n) is 7.03. The van der Waals surface area contributed by atoms with Crippen LogP contribution in [0.3, 0.4) is 0 Å². The van der Waals surface area contributed by atoms with Crippen LogP contribution in [0.4, 0.5) is 0 Å². The van der Waals surface area contributed by atoms with Crippen LogP contribution in [-0.2, 0) is 10.0 Å². The molecule has 0 radical (unpaired) electrons. The van der Waals surface area contributed by atoms with Crippen LogP contribution in [0.15, 0.2) is 23.1 Å². The molecule has 1 N–H and O–H groups in total. The van der Waals surface area contributed by atoms with Gasteiger partial charge in [-0.05, 0) is 44.0 Å². The Labute approximate surface area is 130 Å². The summed E-state index contributed by atoms with van der Waals surface area (Å²) in [6.45, 7) is 3.59. The minimum Gasteiger partial charge on any atom is -0.495 e. The summed E-state index contributed by atoms with van der Waals surface area (Å²) in [6.07, 6.45) is 0.904. The summed E-state index contributed by atoms with van der Waals surface area (Å²) < 4.78 is 32.6. The second-order valence-electron chi connectivity index (χ2n) is 5.70. The van der Waals surface area contributed by atoms with E-state index in [0.29, 0.717) is 16.7 Å². The predicted molar refractivity (Wildman–Crippen MR) is 81.3 cm³/mol. The van der Waals surface area contributed by atoms with Gasteiger partial charge in [0.05, 0.1) is 17.0 Å². The maximum Gasteiger partial charge on any atom is 0.243 e. The molecule has 1 aromatic rings. The van der Waals surface area contributed by atoms with Crippen molar-refractivity contribution in [3.05, 3.63) is 23.2 Å². The van der Waals surface area contributed by atoms with E-state index in [9.17, 15) is 8.42 Å². The minimum absolute atomic E-state index is 0.0213. The molecule has 2 saturated heterocycles. The Hall–Kier alpha value is -0.820. The third kappa shape index (κ3) is 2.44. The lowest BCUT2D eigenvalue weighted by atomic mass is 10.0. The molecule has 3 atom stereocenters. The van der Waals surface area contributed by atoms with Gasteiger partial charge in [-0.3, -0.25) is 0 Å². The summed E-state index contributed by atoms with van der Waals surface area (Å²) in [5.74, 6) is 0.883. The smallest absolute Gasteiger partial charge is 0.243 e. The third-order valence-electron chi connectivity index (χ3n) is 4.41. The van der Waals surface area contributed by atoms with E-state index in [1.54, 1.807) is 16.4 Å². The molecule has 0 spiro atoms. The van der Waals surface area contributed by atoms with Crippen LogP contribution >= 0.6 is 11.6 Å². The molecule has 2 aliphatic rings. The molecule has 116 valence electrons. The van der Waals surface area contributed by atoms with Gasteiger partial charge in [0.1, 0.15) is 5.75 Å². The fraction of sp³-hybridized carbons (Fsp3) is 0.571. The molecule has 2 fully saturated rings. The van der Waals surface area contributed by atoms with Gasteiger partial charge in [-0.25, -0.2) is 8.42 Å². The van der Waals surface area contributed by atoms with Crippen LogP contribution in [0.1, 0.15) is 13.3 Å². The first-order valence-corrected chi connectivity index (χ1v) is 8.84. The average Bonchev–Trinajstić information content (AvgIpc) is 2.97. The van der Waals surface area contributed by atoms with Gasteiger partial charge in [-0.2, -0.15) is 4.31 Å². The van der Waals surface area contributed by atoms with Crippen LogP contribution in [0.5, 0.6) is 5.75 Å². The van der Waals surface area contributed by atoms with Crippen LogP contribution in [0.2, 0.25) is 5.02 Å². The highest BCUT2D eigenvalue weighted by Crippen LogP contribution is 2.38. The van der Waals surface area contributed by atoms with Gasteiger partial charge in [0.2, 0.25) is 10.0 Å². The van der Waals surface area contributed by atoms with Gasteiger partial charge in [0, 0.05) is 18.6 Å².